The fourth-order valence-corrected chi connectivity index (χ4v) is 5.96. The number of rotatable bonds is 8. The maximum absolute atomic E-state index is 14.6. The van der Waals surface area contributed by atoms with E-state index in [0.717, 1.165) is 36.8 Å². The van der Waals surface area contributed by atoms with Crippen molar-refractivity contribution in [2.24, 2.45) is 0 Å². The van der Waals surface area contributed by atoms with Crippen molar-refractivity contribution in [3.8, 4) is 18.1 Å². The van der Waals surface area contributed by atoms with Gasteiger partial charge in [0.15, 0.2) is 0 Å². The zero-order valence-electron chi connectivity index (χ0n) is 24.5. The molecule has 4 rings (SSSR count). The van der Waals surface area contributed by atoms with Crippen LogP contribution in [0.25, 0.3) is 0 Å². The summed E-state index contributed by atoms with van der Waals surface area (Å²) in [5, 5.41) is 18.0. The Labute approximate surface area is 253 Å². The number of nitrogens with one attached hydrogen (secondary N) is 2. The van der Waals surface area contributed by atoms with Crippen molar-refractivity contribution >= 4 is 23.6 Å². The van der Waals surface area contributed by atoms with Gasteiger partial charge in [-0.25, -0.2) is 4.39 Å². The van der Waals surface area contributed by atoms with Gasteiger partial charge in [0.2, 0.25) is 11.8 Å². The van der Waals surface area contributed by atoms with Crippen LogP contribution in [0.3, 0.4) is 0 Å². The second kappa shape index (κ2) is 14.9. The van der Waals surface area contributed by atoms with Gasteiger partial charge in [0, 0.05) is 37.2 Å². The van der Waals surface area contributed by atoms with Gasteiger partial charge < -0.3 is 25.4 Å². The molecule has 7 nitrogen and oxygen atoms in total. The van der Waals surface area contributed by atoms with Crippen LogP contribution in [0.15, 0.2) is 42.5 Å². The van der Waals surface area contributed by atoms with E-state index in [1.807, 2.05) is 30.5 Å². The van der Waals surface area contributed by atoms with E-state index in [0.29, 0.717) is 42.9 Å². The van der Waals surface area contributed by atoms with E-state index in [-0.39, 0.29) is 30.3 Å². The molecule has 2 amide bonds. The van der Waals surface area contributed by atoms with Crippen LogP contribution in [0.2, 0.25) is 0 Å². The average Bonchev–Trinajstić information content (AvgIpc) is 3.78. The van der Waals surface area contributed by atoms with Gasteiger partial charge >= 0.3 is 0 Å². The Morgan fingerprint density at radius 3 is 2.79 bits per heavy atom. The topological polar surface area (TPSA) is 90.9 Å². The summed E-state index contributed by atoms with van der Waals surface area (Å²) < 4.78 is 20.4. The quantitative estimate of drug-likeness (QED) is 0.400. The summed E-state index contributed by atoms with van der Waals surface area (Å²) in [6, 6.07) is 10.9. The number of likely N-dealkylation sites (N-methyl/N-ethyl adjacent to an activating group) is 1. The third-order valence-corrected chi connectivity index (χ3v) is 8.87. The average molecular weight is 596 g/mol. The summed E-state index contributed by atoms with van der Waals surface area (Å²) in [5.41, 5.74) is 2.18. The summed E-state index contributed by atoms with van der Waals surface area (Å²) in [5.74, 6) is 2.94. The molecule has 42 heavy (non-hydrogen) atoms. The molecule has 1 fully saturated rings. The lowest BCUT2D eigenvalue weighted by atomic mass is 9.98. The summed E-state index contributed by atoms with van der Waals surface area (Å²) >= 11 is 1.61. The van der Waals surface area contributed by atoms with Crippen molar-refractivity contribution in [3.05, 3.63) is 65.0 Å². The number of thioether (sulfide) groups is 1. The lowest BCUT2D eigenvalue weighted by Gasteiger charge is -2.32. The van der Waals surface area contributed by atoms with E-state index in [9.17, 15) is 19.1 Å². The minimum atomic E-state index is -0.990. The smallest absolute Gasteiger partial charge is 0.243 e. The molecule has 1 saturated carbocycles. The van der Waals surface area contributed by atoms with Crippen molar-refractivity contribution in [1.29, 1.82) is 0 Å². The molecule has 0 unspecified atom stereocenters. The standard InChI is InChI=1S/C33H42FN3O4S/c1-4-23-9-8-10-25(17-23)33(13-14-33)35-22-30(38)28-20-24-18-26(34)21-27(19-24)41-15-7-5-6-11-31(39)37(2)29(12-16-42-3)32(40)36-28/h1,8-10,17-19,21,28-30,35,38H,5-7,11-16,20,22H2,2-3H3,(H,36,40)/t28-,29-,30+/m0/s1. The van der Waals surface area contributed by atoms with Crippen LogP contribution in [0, 0.1) is 18.2 Å². The number of terminal acetylenes is 1. The highest BCUT2D eigenvalue weighted by molar-refractivity contribution is 7.98. The molecule has 1 heterocycles. The summed E-state index contributed by atoms with van der Waals surface area (Å²) in [7, 11) is 1.67. The number of hydrogen-bond donors (Lipinski definition) is 3. The van der Waals surface area contributed by atoms with Gasteiger partial charge in [0.25, 0.3) is 0 Å². The molecule has 226 valence electrons. The van der Waals surface area contributed by atoms with Crippen molar-refractivity contribution < 1.29 is 23.8 Å². The lowest BCUT2D eigenvalue weighted by molar-refractivity contribution is -0.139. The van der Waals surface area contributed by atoms with Crippen LogP contribution in [-0.2, 0) is 21.5 Å². The number of amides is 2. The number of carbonyl (C=O) groups is 2. The highest BCUT2D eigenvalue weighted by atomic mass is 32.2. The molecule has 1 aliphatic heterocycles. The number of ether oxygens (including phenoxy) is 1. The molecule has 2 aromatic carbocycles. The molecular weight excluding hydrogens is 553 g/mol. The van der Waals surface area contributed by atoms with Gasteiger partial charge in [-0.2, -0.15) is 11.8 Å². The number of aliphatic hydroxyl groups excluding tert-OH is 1. The largest absolute Gasteiger partial charge is 0.493 e. The Kier molecular flexibility index (Phi) is 11.3. The van der Waals surface area contributed by atoms with E-state index < -0.39 is 24.0 Å². The highest BCUT2D eigenvalue weighted by Gasteiger charge is 2.44. The van der Waals surface area contributed by atoms with Crippen molar-refractivity contribution in [2.75, 3.05) is 32.2 Å². The Bertz CT molecular complexity index is 1280. The van der Waals surface area contributed by atoms with Crippen molar-refractivity contribution in [3.63, 3.8) is 0 Å². The number of nitrogens with zero attached hydrogens (tertiary/aromatic N) is 1. The Balaban J connectivity index is 1.58. The zero-order valence-corrected chi connectivity index (χ0v) is 25.4. The fourth-order valence-electron chi connectivity index (χ4n) is 5.50. The van der Waals surface area contributed by atoms with E-state index >= 15 is 0 Å². The van der Waals surface area contributed by atoms with Gasteiger partial charge in [-0.05, 0) is 92.3 Å². The number of hydrogen-bond acceptors (Lipinski definition) is 6. The van der Waals surface area contributed by atoms with Crippen LogP contribution >= 0.6 is 11.8 Å². The molecule has 2 bridgehead atoms. The van der Waals surface area contributed by atoms with E-state index in [1.165, 1.54) is 17.0 Å². The molecule has 3 atom stereocenters. The Hall–Kier alpha value is -3.06. The molecule has 9 heteroatoms. The van der Waals surface area contributed by atoms with E-state index in [2.05, 4.69) is 16.6 Å². The first-order valence-corrected chi connectivity index (χ1v) is 16.1. The van der Waals surface area contributed by atoms with Crippen LogP contribution in [-0.4, -0.2) is 72.2 Å². The fraction of sp³-hybridized carbons (Fsp3) is 0.515. The van der Waals surface area contributed by atoms with Gasteiger partial charge in [0.1, 0.15) is 17.6 Å². The Morgan fingerprint density at radius 1 is 1.24 bits per heavy atom. The van der Waals surface area contributed by atoms with Gasteiger partial charge in [-0.15, -0.1) is 6.42 Å². The highest BCUT2D eigenvalue weighted by Crippen LogP contribution is 2.45. The Morgan fingerprint density at radius 2 is 2.05 bits per heavy atom. The van der Waals surface area contributed by atoms with Gasteiger partial charge in [-0.3, -0.25) is 9.59 Å². The number of aliphatic hydroxyl groups is 1. The predicted molar refractivity (Wildman–Crippen MR) is 165 cm³/mol. The lowest BCUT2D eigenvalue weighted by Crippen LogP contribution is -2.55. The molecule has 0 spiro atoms. The molecule has 2 aliphatic rings. The molecule has 0 saturated heterocycles. The molecule has 1 aliphatic carbocycles. The molecule has 0 radical (unpaired) electrons. The first kappa shape index (κ1) is 31.9. The first-order chi connectivity index (χ1) is 20.2. The van der Waals surface area contributed by atoms with Crippen molar-refractivity contribution in [2.45, 2.75) is 75.1 Å². The second-order valence-corrected chi connectivity index (χ2v) is 12.3. The number of halogens is 1. The molecule has 3 N–H and O–H groups in total. The summed E-state index contributed by atoms with van der Waals surface area (Å²) in [6.45, 7) is 0.618. The maximum Gasteiger partial charge on any atom is 0.243 e. The molecule has 2 aromatic rings. The number of fused-ring (bicyclic) bond motifs is 2. The van der Waals surface area contributed by atoms with E-state index in [4.69, 9.17) is 11.2 Å². The third-order valence-electron chi connectivity index (χ3n) is 8.22. The summed E-state index contributed by atoms with van der Waals surface area (Å²) in [4.78, 5) is 28.3. The minimum absolute atomic E-state index is 0.0832. The normalized spacial score (nSPS) is 22.0. The second-order valence-electron chi connectivity index (χ2n) is 11.3. The van der Waals surface area contributed by atoms with Crippen LogP contribution in [0.5, 0.6) is 5.75 Å². The summed E-state index contributed by atoms with van der Waals surface area (Å²) in [6.07, 6.45) is 11.6. The number of carbonyl (C=O) groups excluding carboxylic acids is 2. The first-order valence-electron chi connectivity index (χ1n) is 14.7. The molecule has 0 aromatic heterocycles. The third kappa shape index (κ3) is 8.50. The zero-order chi connectivity index (χ0) is 30.1. The predicted octanol–water partition coefficient (Wildman–Crippen LogP) is 4.01. The van der Waals surface area contributed by atoms with Crippen LogP contribution in [0.1, 0.15) is 61.6 Å². The molecular formula is C33H42FN3O4S. The maximum atomic E-state index is 14.6. The minimum Gasteiger partial charge on any atom is -0.493 e. The van der Waals surface area contributed by atoms with Crippen LogP contribution in [0.4, 0.5) is 4.39 Å². The van der Waals surface area contributed by atoms with Crippen LogP contribution < -0.4 is 15.4 Å². The van der Waals surface area contributed by atoms with Gasteiger partial charge in [-0.1, -0.05) is 18.1 Å². The monoisotopic (exact) mass is 595 g/mol. The van der Waals surface area contributed by atoms with E-state index in [1.54, 1.807) is 24.9 Å². The van der Waals surface area contributed by atoms with Gasteiger partial charge in [0.05, 0.1) is 18.8 Å². The van der Waals surface area contributed by atoms with Crippen molar-refractivity contribution in [1.82, 2.24) is 15.5 Å². The SMILES string of the molecule is C#Cc1cccc(C2(NC[C@@H](O)[C@@H]3Cc4cc(F)cc(c4)OCCCCCC(=O)N(C)[C@@H](CCSC)C(=O)N3)CC2)c1. The number of benzene rings is 2.